The van der Waals surface area contributed by atoms with Crippen LogP contribution in [0.25, 0.3) is 0 Å². The Labute approximate surface area is 81.7 Å². The Morgan fingerprint density at radius 1 is 1.36 bits per heavy atom. The summed E-state index contributed by atoms with van der Waals surface area (Å²) in [7, 11) is 0. The SMILES string of the molecule is CC1CCN(CC(O)C(F)(F)F)CC1. The molecule has 0 radical (unpaired) electrons. The van der Waals surface area contributed by atoms with Gasteiger partial charge in [0.1, 0.15) is 0 Å². The summed E-state index contributed by atoms with van der Waals surface area (Å²) in [6.07, 6.45) is -4.84. The topological polar surface area (TPSA) is 23.5 Å². The van der Waals surface area contributed by atoms with Gasteiger partial charge in [0.2, 0.25) is 0 Å². The molecule has 0 amide bonds. The fourth-order valence-corrected chi connectivity index (χ4v) is 1.59. The normalized spacial score (nSPS) is 23.8. The lowest BCUT2D eigenvalue weighted by atomic mass is 9.99. The summed E-state index contributed by atoms with van der Waals surface area (Å²) in [6.45, 7) is 3.14. The van der Waals surface area contributed by atoms with Crippen LogP contribution in [0.5, 0.6) is 0 Å². The highest BCUT2D eigenvalue weighted by atomic mass is 19.4. The Morgan fingerprint density at radius 2 is 1.86 bits per heavy atom. The average molecular weight is 211 g/mol. The van der Waals surface area contributed by atoms with E-state index in [1.54, 1.807) is 4.90 Å². The van der Waals surface area contributed by atoms with E-state index >= 15 is 0 Å². The highest BCUT2D eigenvalue weighted by Gasteiger charge is 2.39. The van der Waals surface area contributed by atoms with Crippen LogP contribution in [-0.4, -0.2) is 41.9 Å². The number of rotatable bonds is 2. The third-order valence-electron chi connectivity index (χ3n) is 2.69. The minimum atomic E-state index is -4.48. The minimum absolute atomic E-state index is 0.282. The van der Waals surface area contributed by atoms with Gasteiger partial charge in [-0.15, -0.1) is 0 Å². The Balaban J connectivity index is 2.31. The van der Waals surface area contributed by atoms with Crippen molar-refractivity contribution in [2.24, 2.45) is 5.92 Å². The average Bonchev–Trinajstić information content (AvgIpc) is 2.07. The minimum Gasteiger partial charge on any atom is -0.382 e. The number of hydrogen-bond acceptors (Lipinski definition) is 2. The number of piperidine rings is 1. The number of aliphatic hydroxyl groups excluding tert-OH is 1. The zero-order chi connectivity index (χ0) is 10.8. The highest BCUT2D eigenvalue weighted by molar-refractivity contribution is 4.75. The predicted molar refractivity (Wildman–Crippen MR) is 46.9 cm³/mol. The van der Waals surface area contributed by atoms with Crippen molar-refractivity contribution in [2.45, 2.75) is 32.0 Å². The van der Waals surface area contributed by atoms with Crippen molar-refractivity contribution in [2.75, 3.05) is 19.6 Å². The lowest BCUT2D eigenvalue weighted by Crippen LogP contribution is -2.43. The van der Waals surface area contributed by atoms with E-state index in [1.807, 2.05) is 0 Å². The molecule has 1 unspecified atom stereocenters. The smallest absolute Gasteiger partial charge is 0.382 e. The van der Waals surface area contributed by atoms with Crippen LogP contribution in [0.3, 0.4) is 0 Å². The monoisotopic (exact) mass is 211 g/mol. The van der Waals surface area contributed by atoms with E-state index in [0.29, 0.717) is 19.0 Å². The van der Waals surface area contributed by atoms with Crippen LogP contribution in [0, 0.1) is 5.92 Å². The summed E-state index contributed by atoms with van der Waals surface area (Å²) >= 11 is 0. The summed E-state index contributed by atoms with van der Waals surface area (Å²) in [5.41, 5.74) is 0. The molecule has 1 atom stereocenters. The van der Waals surface area contributed by atoms with Gasteiger partial charge in [-0.3, -0.25) is 0 Å². The van der Waals surface area contributed by atoms with E-state index < -0.39 is 12.3 Å². The Morgan fingerprint density at radius 3 is 2.29 bits per heavy atom. The molecule has 5 heteroatoms. The number of alkyl halides is 3. The van der Waals surface area contributed by atoms with Crippen LogP contribution in [0.15, 0.2) is 0 Å². The fraction of sp³-hybridized carbons (Fsp3) is 1.00. The lowest BCUT2D eigenvalue weighted by Gasteiger charge is -2.31. The first-order valence-electron chi connectivity index (χ1n) is 4.86. The van der Waals surface area contributed by atoms with Gasteiger partial charge >= 0.3 is 6.18 Å². The van der Waals surface area contributed by atoms with Crippen molar-refractivity contribution in [3.05, 3.63) is 0 Å². The van der Waals surface area contributed by atoms with Crippen LogP contribution in [0.1, 0.15) is 19.8 Å². The van der Waals surface area contributed by atoms with Crippen molar-refractivity contribution in [1.82, 2.24) is 4.90 Å². The van der Waals surface area contributed by atoms with Gasteiger partial charge in [0.05, 0.1) is 0 Å². The van der Waals surface area contributed by atoms with Crippen molar-refractivity contribution >= 4 is 0 Å². The maximum Gasteiger partial charge on any atom is 0.415 e. The van der Waals surface area contributed by atoms with E-state index in [-0.39, 0.29) is 6.54 Å². The van der Waals surface area contributed by atoms with Crippen LogP contribution in [0.4, 0.5) is 13.2 Å². The number of halogens is 3. The van der Waals surface area contributed by atoms with Crippen molar-refractivity contribution < 1.29 is 18.3 Å². The first-order chi connectivity index (χ1) is 6.39. The van der Waals surface area contributed by atoms with Crippen molar-refractivity contribution in [3.63, 3.8) is 0 Å². The largest absolute Gasteiger partial charge is 0.415 e. The Hall–Kier alpha value is -0.290. The molecule has 0 spiro atoms. The second-order valence-corrected chi connectivity index (χ2v) is 4.04. The number of hydrogen-bond donors (Lipinski definition) is 1. The van der Waals surface area contributed by atoms with E-state index in [9.17, 15) is 13.2 Å². The van der Waals surface area contributed by atoms with Crippen LogP contribution < -0.4 is 0 Å². The van der Waals surface area contributed by atoms with E-state index in [0.717, 1.165) is 12.8 Å². The number of nitrogens with zero attached hydrogens (tertiary/aromatic N) is 1. The molecule has 2 nitrogen and oxygen atoms in total. The standard InChI is InChI=1S/C9H16F3NO/c1-7-2-4-13(5-3-7)6-8(14)9(10,11)12/h7-8,14H,2-6H2,1H3. The molecular weight excluding hydrogens is 195 g/mol. The van der Waals surface area contributed by atoms with Gasteiger partial charge in [-0.05, 0) is 31.8 Å². The molecule has 0 aromatic carbocycles. The molecule has 0 saturated carbocycles. The molecule has 14 heavy (non-hydrogen) atoms. The molecule has 1 saturated heterocycles. The van der Waals surface area contributed by atoms with Gasteiger partial charge in [-0.25, -0.2) is 0 Å². The summed E-state index contributed by atoms with van der Waals surface area (Å²) in [4.78, 5) is 1.68. The Kier molecular flexibility index (Phi) is 3.78. The Bertz CT molecular complexity index is 175. The van der Waals surface area contributed by atoms with Crippen LogP contribution in [0.2, 0.25) is 0 Å². The third-order valence-corrected chi connectivity index (χ3v) is 2.69. The summed E-state index contributed by atoms with van der Waals surface area (Å²) in [5.74, 6) is 0.592. The van der Waals surface area contributed by atoms with Crippen LogP contribution in [-0.2, 0) is 0 Å². The van der Waals surface area contributed by atoms with E-state index in [4.69, 9.17) is 5.11 Å². The van der Waals surface area contributed by atoms with Crippen molar-refractivity contribution in [3.8, 4) is 0 Å². The molecule has 0 aliphatic carbocycles. The van der Waals surface area contributed by atoms with Gasteiger partial charge in [-0.2, -0.15) is 13.2 Å². The zero-order valence-electron chi connectivity index (χ0n) is 8.22. The third kappa shape index (κ3) is 3.46. The van der Waals surface area contributed by atoms with Gasteiger partial charge < -0.3 is 10.0 Å². The quantitative estimate of drug-likeness (QED) is 0.750. The predicted octanol–water partition coefficient (Wildman–Crippen LogP) is 1.64. The molecular formula is C9H16F3NO. The molecule has 0 aromatic heterocycles. The van der Waals surface area contributed by atoms with Gasteiger partial charge in [0.15, 0.2) is 6.10 Å². The maximum atomic E-state index is 12.0. The molecule has 0 aromatic rings. The van der Waals surface area contributed by atoms with Crippen LogP contribution >= 0.6 is 0 Å². The first kappa shape index (κ1) is 11.8. The molecule has 1 rings (SSSR count). The second kappa shape index (κ2) is 4.49. The number of β-amino-alcohol motifs (C(OH)–C–C–N with tert-alkyl or cyclic N) is 1. The summed E-state index contributed by atoms with van der Waals surface area (Å²) in [6, 6.07) is 0. The molecule has 1 aliphatic heterocycles. The molecule has 1 fully saturated rings. The summed E-state index contributed by atoms with van der Waals surface area (Å²) in [5, 5.41) is 8.84. The van der Waals surface area contributed by atoms with Gasteiger partial charge in [-0.1, -0.05) is 6.92 Å². The second-order valence-electron chi connectivity index (χ2n) is 4.04. The lowest BCUT2D eigenvalue weighted by molar-refractivity contribution is -0.208. The maximum absolute atomic E-state index is 12.0. The molecule has 84 valence electrons. The van der Waals surface area contributed by atoms with Crippen molar-refractivity contribution in [1.29, 1.82) is 0 Å². The first-order valence-corrected chi connectivity index (χ1v) is 4.86. The molecule has 1 aliphatic rings. The summed E-state index contributed by atoms with van der Waals surface area (Å²) < 4.78 is 36.0. The zero-order valence-corrected chi connectivity index (χ0v) is 8.22. The van der Waals surface area contributed by atoms with Gasteiger partial charge in [0, 0.05) is 6.54 Å². The number of aliphatic hydroxyl groups is 1. The molecule has 1 N–H and O–H groups in total. The highest BCUT2D eigenvalue weighted by Crippen LogP contribution is 2.23. The van der Waals surface area contributed by atoms with E-state index in [2.05, 4.69) is 6.92 Å². The fourth-order valence-electron chi connectivity index (χ4n) is 1.59. The number of likely N-dealkylation sites (tertiary alicyclic amines) is 1. The molecule has 0 bridgehead atoms. The molecule has 1 heterocycles. The van der Waals surface area contributed by atoms with E-state index in [1.165, 1.54) is 0 Å². The van der Waals surface area contributed by atoms with Gasteiger partial charge in [0.25, 0.3) is 0 Å².